The predicted octanol–water partition coefficient (Wildman–Crippen LogP) is 4.38. The number of rotatable bonds is 6. The van der Waals surface area contributed by atoms with Crippen molar-refractivity contribution < 1.29 is 32.3 Å². The third kappa shape index (κ3) is 6.46. The van der Waals surface area contributed by atoms with Gasteiger partial charge in [-0.3, -0.25) is 14.4 Å². The lowest BCUT2D eigenvalue weighted by atomic mass is 9.87. The highest BCUT2D eigenvalue weighted by atomic mass is 19.4. The van der Waals surface area contributed by atoms with E-state index in [0.717, 1.165) is 31.4 Å². The van der Waals surface area contributed by atoms with Crippen molar-refractivity contribution in [1.82, 2.24) is 15.1 Å². The topological polar surface area (TPSA) is 79.0 Å². The molecule has 2 aliphatic rings. The standard InChI is InChI=1S/C28H32F3N3O4/c1-38-23-11-7-20(8-12-23)25(35)32-24(27(37)33-15-3-2-4-16-33)19-13-17-34(18-14-19)26(36)21-5-9-22(10-6-21)28(29,30)31/h5-12,19,24H,2-4,13-18H2,1H3,(H,32,35)/t24-/m0/s1. The van der Waals surface area contributed by atoms with Gasteiger partial charge in [-0.05, 0) is 86.6 Å². The molecule has 2 aliphatic heterocycles. The number of ether oxygens (including phenoxy) is 1. The van der Waals surface area contributed by atoms with Crippen LogP contribution in [0, 0.1) is 5.92 Å². The highest BCUT2D eigenvalue weighted by molar-refractivity contribution is 5.98. The Kier molecular flexibility index (Phi) is 8.58. The Bertz CT molecular complexity index is 1120. The second-order valence-electron chi connectivity index (χ2n) is 9.77. The first-order valence-electron chi connectivity index (χ1n) is 12.9. The quantitative estimate of drug-likeness (QED) is 0.600. The van der Waals surface area contributed by atoms with E-state index in [1.54, 1.807) is 29.2 Å². The Labute approximate surface area is 219 Å². The van der Waals surface area contributed by atoms with E-state index in [1.807, 2.05) is 4.90 Å². The number of carbonyl (C=O) groups excluding carboxylic acids is 3. The van der Waals surface area contributed by atoms with Gasteiger partial charge in [0.1, 0.15) is 11.8 Å². The van der Waals surface area contributed by atoms with E-state index in [-0.39, 0.29) is 29.2 Å². The first kappa shape index (κ1) is 27.5. The van der Waals surface area contributed by atoms with E-state index < -0.39 is 17.8 Å². The van der Waals surface area contributed by atoms with Gasteiger partial charge in [0.05, 0.1) is 12.7 Å². The van der Waals surface area contributed by atoms with E-state index in [0.29, 0.717) is 50.3 Å². The van der Waals surface area contributed by atoms with Crippen LogP contribution in [0.4, 0.5) is 13.2 Å². The molecule has 0 saturated carbocycles. The lowest BCUT2D eigenvalue weighted by Crippen LogP contribution is -2.55. The number of nitrogens with zero attached hydrogens (tertiary/aromatic N) is 2. The molecule has 0 unspecified atom stereocenters. The number of halogens is 3. The summed E-state index contributed by atoms with van der Waals surface area (Å²) in [7, 11) is 1.54. The molecule has 1 N–H and O–H groups in total. The molecular weight excluding hydrogens is 499 g/mol. The van der Waals surface area contributed by atoms with Crippen molar-refractivity contribution >= 4 is 17.7 Å². The van der Waals surface area contributed by atoms with Crippen LogP contribution in [0.2, 0.25) is 0 Å². The number of piperidine rings is 2. The van der Waals surface area contributed by atoms with Crippen LogP contribution in [0.5, 0.6) is 5.75 Å². The summed E-state index contributed by atoms with van der Waals surface area (Å²) in [6, 6.07) is 10.1. The fourth-order valence-corrected chi connectivity index (χ4v) is 5.08. The Morgan fingerprint density at radius 2 is 1.42 bits per heavy atom. The molecular formula is C28H32F3N3O4. The van der Waals surface area contributed by atoms with E-state index in [2.05, 4.69) is 5.32 Å². The normalized spacial score (nSPS) is 17.6. The van der Waals surface area contributed by atoms with Gasteiger partial charge < -0.3 is 19.9 Å². The zero-order valence-corrected chi connectivity index (χ0v) is 21.3. The average Bonchev–Trinajstić information content (AvgIpc) is 2.95. The lowest BCUT2D eigenvalue weighted by molar-refractivity contribution is -0.137. The number of hydrogen-bond acceptors (Lipinski definition) is 4. The number of methoxy groups -OCH3 is 1. The van der Waals surface area contributed by atoms with Gasteiger partial charge in [-0.15, -0.1) is 0 Å². The van der Waals surface area contributed by atoms with Crippen LogP contribution in [0.25, 0.3) is 0 Å². The minimum absolute atomic E-state index is 0.112. The van der Waals surface area contributed by atoms with Crippen molar-refractivity contribution in [3.05, 3.63) is 65.2 Å². The molecule has 0 aliphatic carbocycles. The summed E-state index contributed by atoms with van der Waals surface area (Å²) in [5.74, 6) is -0.375. The van der Waals surface area contributed by atoms with Gasteiger partial charge >= 0.3 is 6.18 Å². The van der Waals surface area contributed by atoms with Crippen molar-refractivity contribution in [1.29, 1.82) is 0 Å². The van der Waals surface area contributed by atoms with Gasteiger partial charge in [0.25, 0.3) is 11.8 Å². The maximum absolute atomic E-state index is 13.5. The number of carbonyl (C=O) groups is 3. The molecule has 2 aromatic rings. The van der Waals surface area contributed by atoms with Crippen LogP contribution >= 0.6 is 0 Å². The fraction of sp³-hybridized carbons (Fsp3) is 0.464. The van der Waals surface area contributed by atoms with E-state index in [4.69, 9.17) is 4.74 Å². The molecule has 10 heteroatoms. The molecule has 0 bridgehead atoms. The zero-order valence-electron chi connectivity index (χ0n) is 21.3. The highest BCUT2D eigenvalue weighted by Crippen LogP contribution is 2.30. The second kappa shape index (κ2) is 11.9. The predicted molar refractivity (Wildman–Crippen MR) is 135 cm³/mol. The van der Waals surface area contributed by atoms with Crippen molar-refractivity contribution in [2.75, 3.05) is 33.3 Å². The Hall–Kier alpha value is -3.56. The molecule has 4 rings (SSSR count). The van der Waals surface area contributed by atoms with Gasteiger partial charge in [-0.25, -0.2) is 0 Å². The van der Waals surface area contributed by atoms with E-state index in [1.165, 1.54) is 19.2 Å². The summed E-state index contributed by atoms with van der Waals surface area (Å²) in [6.45, 7) is 1.98. The number of alkyl halides is 3. The van der Waals surface area contributed by atoms with Gasteiger partial charge in [0.2, 0.25) is 5.91 Å². The summed E-state index contributed by atoms with van der Waals surface area (Å²) in [4.78, 5) is 42.9. The lowest BCUT2D eigenvalue weighted by Gasteiger charge is -2.38. The largest absolute Gasteiger partial charge is 0.497 e. The summed E-state index contributed by atoms with van der Waals surface area (Å²) >= 11 is 0. The number of amides is 3. The molecule has 2 saturated heterocycles. The van der Waals surface area contributed by atoms with Crippen LogP contribution in [-0.2, 0) is 11.0 Å². The molecule has 0 spiro atoms. The smallest absolute Gasteiger partial charge is 0.416 e. The number of hydrogen-bond donors (Lipinski definition) is 1. The first-order valence-corrected chi connectivity index (χ1v) is 12.9. The van der Waals surface area contributed by atoms with Gasteiger partial charge in [0, 0.05) is 37.3 Å². The summed E-state index contributed by atoms with van der Waals surface area (Å²) in [6.07, 6.45) is -0.585. The van der Waals surface area contributed by atoms with Crippen LogP contribution < -0.4 is 10.1 Å². The maximum atomic E-state index is 13.5. The first-order chi connectivity index (χ1) is 18.2. The molecule has 2 fully saturated rings. The third-order valence-corrected chi connectivity index (χ3v) is 7.33. The molecule has 38 heavy (non-hydrogen) atoms. The highest BCUT2D eigenvalue weighted by Gasteiger charge is 2.37. The molecule has 1 atom stereocenters. The molecule has 2 heterocycles. The van der Waals surface area contributed by atoms with Crippen molar-refractivity contribution in [2.24, 2.45) is 5.92 Å². The zero-order chi connectivity index (χ0) is 27.3. The fourth-order valence-electron chi connectivity index (χ4n) is 5.08. The van der Waals surface area contributed by atoms with Crippen molar-refractivity contribution in [3.8, 4) is 5.75 Å². The number of nitrogens with one attached hydrogen (secondary N) is 1. The summed E-state index contributed by atoms with van der Waals surface area (Å²) in [5.41, 5.74) is -0.207. The van der Waals surface area contributed by atoms with Gasteiger partial charge in [-0.1, -0.05) is 0 Å². The second-order valence-corrected chi connectivity index (χ2v) is 9.77. The Balaban J connectivity index is 1.44. The average molecular weight is 532 g/mol. The van der Waals surface area contributed by atoms with Gasteiger partial charge in [-0.2, -0.15) is 13.2 Å². The summed E-state index contributed by atoms with van der Waals surface area (Å²) in [5, 5.41) is 2.95. The SMILES string of the molecule is COc1ccc(C(=O)N[C@H](C(=O)N2CCCCC2)C2CCN(C(=O)c3ccc(C(F)(F)F)cc3)CC2)cc1. The minimum Gasteiger partial charge on any atom is -0.497 e. The summed E-state index contributed by atoms with van der Waals surface area (Å²) < 4.78 is 43.7. The molecule has 7 nitrogen and oxygen atoms in total. The maximum Gasteiger partial charge on any atom is 0.416 e. The van der Waals surface area contributed by atoms with Crippen LogP contribution in [-0.4, -0.2) is 66.9 Å². The number of likely N-dealkylation sites (tertiary alicyclic amines) is 2. The van der Waals surface area contributed by atoms with E-state index in [9.17, 15) is 27.6 Å². The number of benzene rings is 2. The van der Waals surface area contributed by atoms with Crippen molar-refractivity contribution in [2.45, 2.75) is 44.3 Å². The van der Waals surface area contributed by atoms with Crippen LogP contribution in [0.3, 0.4) is 0 Å². The molecule has 0 radical (unpaired) electrons. The monoisotopic (exact) mass is 531 g/mol. The third-order valence-electron chi connectivity index (χ3n) is 7.33. The molecule has 3 amide bonds. The van der Waals surface area contributed by atoms with E-state index >= 15 is 0 Å². The minimum atomic E-state index is -4.47. The Morgan fingerprint density at radius 1 is 0.842 bits per heavy atom. The molecule has 0 aromatic heterocycles. The van der Waals surface area contributed by atoms with Crippen LogP contribution in [0.1, 0.15) is 58.4 Å². The Morgan fingerprint density at radius 3 is 1.97 bits per heavy atom. The molecule has 204 valence electrons. The van der Waals surface area contributed by atoms with Crippen LogP contribution in [0.15, 0.2) is 48.5 Å². The molecule has 2 aromatic carbocycles. The van der Waals surface area contributed by atoms with Gasteiger partial charge in [0.15, 0.2) is 0 Å². The van der Waals surface area contributed by atoms with Crippen molar-refractivity contribution in [3.63, 3.8) is 0 Å².